The predicted molar refractivity (Wildman–Crippen MR) is 133 cm³/mol. The molecule has 3 rings (SSSR count). The van der Waals surface area contributed by atoms with Gasteiger partial charge in [0.15, 0.2) is 0 Å². The van der Waals surface area contributed by atoms with Crippen LogP contribution in [0.2, 0.25) is 0 Å². The first-order valence-corrected chi connectivity index (χ1v) is 11.4. The van der Waals surface area contributed by atoms with Crippen molar-refractivity contribution in [2.75, 3.05) is 40.5 Å². The Labute approximate surface area is 196 Å². The summed E-state index contributed by atoms with van der Waals surface area (Å²) in [5.74, 6) is 0. The van der Waals surface area contributed by atoms with Crippen LogP contribution in [0.1, 0.15) is 29.7 Å². The number of urea groups is 1. The zero-order valence-electron chi connectivity index (χ0n) is 19.8. The maximum atomic E-state index is 12.5. The lowest BCUT2D eigenvalue weighted by atomic mass is 10.00. The van der Waals surface area contributed by atoms with Crippen molar-refractivity contribution in [3.8, 4) is 0 Å². The summed E-state index contributed by atoms with van der Waals surface area (Å²) in [7, 11) is 3.44. The molecule has 6 nitrogen and oxygen atoms in total. The molecule has 0 radical (unpaired) electrons. The van der Waals surface area contributed by atoms with Crippen molar-refractivity contribution in [3.05, 3.63) is 83.4 Å². The van der Waals surface area contributed by atoms with Crippen molar-refractivity contribution >= 4 is 16.8 Å². The molecular weight excluding hydrogens is 414 g/mol. The number of methoxy groups -OCH3 is 2. The fourth-order valence-electron chi connectivity index (χ4n) is 3.87. The Morgan fingerprint density at radius 2 is 1.52 bits per heavy atom. The largest absolute Gasteiger partial charge is 0.383 e. The predicted octanol–water partition coefficient (Wildman–Crippen LogP) is 4.50. The summed E-state index contributed by atoms with van der Waals surface area (Å²) in [5.41, 5.74) is 3.39. The number of nitrogens with one attached hydrogen (secondary N) is 2. The second kappa shape index (κ2) is 12.9. The van der Waals surface area contributed by atoms with Gasteiger partial charge < -0.3 is 20.1 Å². The summed E-state index contributed by atoms with van der Waals surface area (Å²) in [5, 5.41) is 8.36. The second-order valence-corrected chi connectivity index (χ2v) is 8.20. The molecule has 3 aromatic carbocycles. The summed E-state index contributed by atoms with van der Waals surface area (Å²) < 4.78 is 10.4. The molecule has 0 spiro atoms. The molecule has 0 aromatic heterocycles. The number of fused-ring (bicyclic) bond motifs is 1. The molecule has 2 N–H and O–H groups in total. The monoisotopic (exact) mass is 449 g/mol. The third kappa shape index (κ3) is 7.56. The highest BCUT2D eigenvalue weighted by atomic mass is 16.5. The van der Waals surface area contributed by atoms with E-state index >= 15 is 0 Å². The zero-order valence-corrected chi connectivity index (χ0v) is 19.8. The number of hydrogen-bond donors (Lipinski definition) is 2. The van der Waals surface area contributed by atoms with Crippen molar-refractivity contribution in [1.82, 2.24) is 15.5 Å². The second-order valence-electron chi connectivity index (χ2n) is 8.20. The molecule has 33 heavy (non-hydrogen) atoms. The van der Waals surface area contributed by atoms with Crippen LogP contribution in [0.3, 0.4) is 0 Å². The zero-order chi connectivity index (χ0) is 23.5. The molecule has 1 atom stereocenters. The van der Waals surface area contributed by atoms with Gasteiger partial charge in [-0.05, 0) is 34.4 Å². The van der Waals surface area contributed by atoms with E-state index in [9.17, 15) is 4.79 Å². The van der Waals surface area contributed by atoms with Gasteiger partial charge in [-0.15, -0.1) is 0 Å². The molecule has 0 heterocycles. The Hall–Kier alpha value is -2.93. The van der Waals surface area contributed by atoms with Gasteiger partial charge in [-0.3, -0.25) is 4.90 Å². The Morgan fingerprint density at radius 1 is 0.879 bits per heavy atom. The number of carbonyl (C=O) groups is 1. The number of nitrogens with zero attached hydrogens (tertiary/aromatic N) is 1. The van der Waals surface area contributed by atoms with Crippen molar-refractivity contribution in [2.24, 2.45) is 0 Å². The van der Waals surface area contributed by atoms with E-state index < -0.39 is 0 Å². The van der Waals surface area contributed by atoms with Crippen LogP contribution in [0, 0.1) is 0 Å². The van der Waals surface area contributed by atoms with Gasteiger partial charge in [0.25, 0.3) is 0 Å². The van der Waals surface area contributed by atoms with E-state index in [0.29, 0.717) is 19.8 Å². The molecule has 0 aliphatic carbocycles. The molecule has 1 unspecified atom stereocenters. The van der Waals surface area contributed by atoms with E-state index in [1.165, 1.54) is 10.9 Å². The molecule has 176 valence electrons. The lowest BCUT2D eigenvalue weighted by molar-refractivity contribution is 0.110. The fraction of sp³-hybridized carbons (Fsp3) is 0.370. The van der Waals surface area contributed by atoms with Crippen LogP contribution < -0.4 is 10.6 Å². The molecule has 0 saturated heterocycles. The SMILES string of the molecule is COCCN(CCOC)Cc1ccc(CNC(=O)NC(C)c2cccc3ccccc23)cc1. The third-order valence-electron chi connectivity index (χ3n) is 5.74. The summed E-state index contributed by atoms with van der Waals surface area (Å²) >= 11 is 0. The van der Waals surface area contributed by atoms with Crippen molar-refractivity contribution < 1.29 is 14.3 Å². The molecule has 0 saturated carbocycles. The molecule has 0 aliphatic heterocycles. The summed E-state index contributed by atoms with van der Waals surface area (Å²) in [6, 6.07) is 22.5. The highest BCUT2D eigenvalue weighted by molar-refractivity contribution is 5.86. The number of ether oxygens (including phenoxy) is 2. The Kier molecular flexibility index (Phi) is 9.69. The van der Waals surface area contributed by atoms with E-state index in [4.69, 9.17) is 9.47 Å². The minimum Gasteiger partial charge on any atom is -0.383 e. The third-order valence-corrected chi connectivity index (χ3v) is 5.74. The average Bonchev–Trinajstić information content (AvgIpc) is 2.84. The number of amides is 2. The van der Waals surface area contributed by atoms with Crippen LogP contribution in [0.5, 0.6) is 0 Å². The maximum Gasteiger partial charge on any atom is 0.315 e. The molecule has 2 amide bonds. The molecule has 6 heteroatoms. The lowest BCUT2D eigenvalue weighted by Crippen LogP contribution is -2.36. The van der Waals surface area contributed by atoms with Gasteiger partial charge in [0.05, 0.1) is 19.3 Å². The van der Waals surface area contributed by atoms with E-state index in [-0.39, 0.29) is 12.1 Å². The van der Waals surface area contributed by atoms with Gasteiger partial charge in [-0.25, -0.2) is 4.79 Å². The first-order chi connectivity index (χ1) is 16.1. The standard InChI is InChI=1S/C27H35N3O3/c1-21(25-10-6-8-24-7-4-5-9-26(24)25)29-27(31)28-19-22-11-13-23(14-12-22)20-30(15-17-32-2)16-18-33-3/h4-14,21H,15-20H2,1-3H3,(H2,28,29,31). The van der Waals surface area contributed by atoms with Gasteiger partial charge in [0.2, 0.25) is 0 Å². The summed E-state index contributed by atoms with van der Waals surface area (Å²) in [4.78, 5) is 14.8. The van der Waals surface area contributed by atoms with Gasteiger partial charge in [0, 0.05) is 40.4 Å². The minimum atomic E-state index is -0.176. The molecule has 0 bridgehead atoms. The summed E-state index contributed by atoms with van der Waals surface area (Å²) in [6.07, 6.45) is 0. The normalized spacial score (nSPS) is 12.1. The van der Waals surface area contributed by atoms with Crippen molar-refractivity contribution in [3.63, 3.8) is 0 Å². The quantitative estimate of drug-likeness (QED) is 0.428. The topological polar surface area (TPSA) is 62.8 Å². The van der Waals surface area contributed by atoms with Gasteiger partial charge >= 0.3 is 6.03 Å². The molecule has 3 aromatic rings. The van der Waals surface area contributed by atoms with E-state index in [1.807, 2.05) is 25.1 Å². The Balaban J connectivity index is 1.50. The van der Waals surface area contributed by atoms with Gasteiger partial charge in [-0.2, -0.15) is 0 Å². The maximum absolute atomic E-state index is 12.5. The Bertz CT molecular complexity index is 994. The van der Waals surface area contributed by atoms with Gasteiger partial charge in [0.1, 0.15) is 0 Å². The highest BCUT2D eigenvalue weighted by Gasteiger charge is 2.12. The lowest BCUT2D eigenvalue weighted by Gasteiger charge is -2.21. The van der Waals surface area contributed by atoms with E-state index in [1.54, 1.807) is 14.2 Å². The number of rotatable bonds is 12. The smallest absolute Gasteiger partial charge is 0.315 e. The first kappa shape index (κ1) is 24.7. The summed E-state index contributed by atoms with van der Waals surface area (Å²) in [6.45, 7) is 6.43. The van der Waals surface area contributed by atoms with Crippen LogP contribution in [-0.4, -0.2) is 51.5 Å². The van der Waals surface area contributed by atoms with Crippen molar-refractivity contribution in [1.29, 1.82) is 0 Å². The van der Waals surface area contributed by atoms with Crippen LogP contribution in [-0.2, 0) is 22.6 Å². The van der Waals surface area contributed by atoms with E-state index in [2.05, 4.69) is 64.1 Å². The van der Waals surface area contributed by atoms with Crippen LogP contribution in [0.25, 0.3) is 10.8 Å². The number of benzene rings is 3. The van der Waals surface area contributed by atoms with E-state index in [0.717, 1.165) is 36.1 Å². The van der Waals surface area contributed by atoms with Crippen LogP contribution in [0.4, 0.5) is 4.79 Å². The molecular formula is C27H35N3O3. The first-order valence-electron chi connectivity index (χ1n) is 11.4. The molecule has 0 aliphatic rings. The Morgan fingerprint density at radius 3 is 2.21 bits per heavy atom. The van der Waals surface area contributed by atoms with Crippen LogP contribution >= 0.6 is 0 Å². The highest BCUT2D eigenvalue weighted by Crippen LogP contribution is 2.23. The number of carbonyl (C=O) groups excluding carboxylic acids is 1. The number of hydrogen-bond acceptors (Lipinski definition) is 4. The van der Waals surface area contributed by atoms with Crippen molar-refractivity contribution in [2.45, 2.75) is 26.1 Å². The van der Waals surface area contributed by atoms with Crippen LogP contribution in [0.15, 0.2) is 66.7 Å². The molecule has 0 fully saturated rings. The fourth-order valence-corrected chi connectivity index (χ4v) is 3.87. The minimum absolute atomic E-state index is 0.0938. The van der Waals surface area contributed by atoms with Gasteiger partial charge in [-0.1, -0.05) is 66.7 Å². The average molecular weight is 450 g/mol.